The number of hydrogen-bond donors (Lipinski definition) is 2. The fourth-order valence-corrected chi connectivity index (χ4v) is 4.15. The van der Waals surface area contributed by atoms with Crippen LogP contribution < -0.4 is 10.1 Å². The molecule has 0 spiro atoms. The summed E-state index contributed by atoms with van der Waals surface area (Å²) in [5.74, 6) is 1.59. The van der Waals surface area contributed by atoms with Gasteiger partial charge in [0.15, 0.2) is 5.11 Å². The van der Waals surface area contributed by atoms with Crippen LogP contribution in [-0.4, -0.2) is 28.7 Å². The second-order valence-electron chi connectivity index (χ2n) is 7.30. The Morgan fingerprint density at radius 1 is 1.19 bits per heavy atom. The van der Waals surface area contributed by atoms with Crippen molar-refractivity contribution in [2.45, 2.75) is 19.9 Å². The fraction of sp³-hybridized carbons (Fsp3) is 0.208. The van der Waals surface area contributed by atoms with Gasteiger partial charge in [-0.3, -0.25) is 0 Å². The van der Waals surface area contributed by atoms with E-state index < -0.39 is 0 Å². The molecule has 0 aliphatic rings. The Morgan fingerprint density at radius 3 is 2.81 bits per heavy atom. The lowest BCUT2D eigenvalue weighted by atomic mass is 10.1. The van der Waals surface area contributed by atoms with Crippen LogP contribution >= 0.6 is 23.8 Å². The molecule has 0 radical (unpaired) electrons. The highest BCUT2D eigenvalue weighted by atomic mass is 35.5. The number of furan rings is 1. The minimum absolute atomic E-state index is 0.566. The number of para-hydroxylation sites is 2. The number of nitrogens with one attached hydrogen (secondary N) is 2. The van der Waals surface area contributed by atoms with Gasteiger partial charge >= 0.3 is 0 Å². The van der Waals surface area contributed by atoms with Crippen LogP contribution in [0.2, 0.25) is 5.02 Å². The summed E-state index contributed by atoms with van der Waals surface area (Å²) in [6.45, 7) is 3.36. The predicted octanol–water partition coefficient (Wildman–Crippen LogP) is 6.17. The Bertz CT molecular complexity index is 1190. The van der Waals surface area contributed by atoms with Crippen molar-refractivity contribution in [2.75, 3.05) is 19.0 Å². The Morgan fingerprint density at radius 2 is 2.03 bits per heavy atom. The van der Waals surface area contributed by atoms with E-state index >= 15 is 0 Å². The Balaban J connectivity index is 1.56. The number of nitrogens with zero attached hydrogens (tertiary/aromatic N) is 1. The molecule has 0 fully saturated rings. The van der Waals surface area contributed by atoms with Gasteiger partial charge in [0, 0.05) is 28.2 Å². The van der Waals surface area contributed by atoms with Crippen molar-refractivity contribution in [3.8, 4) is 5.75 Å². The molecule has 4 rings (SSSR count). The van der Waals surface area contributed by atoms with Gasteiger partial charge < -0.3 is 24.4 Å². The fourth-order valence-electron chi connectivity index (χ4n) is 3.71. The number of rotatable bonds is 7. The first kappa shape index (κ1) is 21.3. The molecule has 0 aliphatic heterocycles. The second-order valence-corrected chi connectivity index (χ2v) is 8.12. The number of aryl methyl sites for hydroxylation is 1. The molecule has 2 aromatic heterocycles. The molecular weight excluding hydrogens is 430 g/mol. The number of H-pyrrole nitrogens is 1. The average molecular weight is 454 g/mol. The summed E-state index contributed by atoms with van der Waals surface area (Å²) in [5.41, 5.74) is 4.29. The summed E-state index contributed by atoms with van der Waals surface area (Å²) in [6, 6.07) is 17.5. The van der Waals surface area contributed by atoms with Gasteiger partial charge in [-0.05, 0) is 73.6 Å². The molecule has 0 atom stereocenters. The van der Waals surface area contributed by atoms with E-state index in [1.54, 1.807) is 13.4 Å². The molecule has 0 saturated heterocycles. The molecule has 0 aliphatic carbocycles. The van der Waals surface area contributed by atoms with Crippen molar-refractivity contribution in [1.82, 2.24) is 9.88 Å². The van der Waals surface area contributed by atoms with Crippen LogP contribution in [-0.2, 0) is 13.0 Å². The van der Waals surface area contributed by atoms with Crippen LogP contribution in [0.3, 0.4) is 0 Å². The highest BCUT2D eigenvalue weighted by Crippen LogP contribution is 2.27. The maximum absolute atomic E-state index is 6.25. The summed E-state index contributed by atoms with van der Waals surface area (Å²) >= 11 is 12.0. The maximum atomic E-state index is 6.25. The summed E-state index contributed by atoms with van der Waals surface area (Å²) in [6.07, 6.45) is 2.48. The molecule has 160 valence electrons. The number of thiocarbonyl (C=S) groups is 1. The van der Waals surface area contributed by atoms with Gasteiger partial charge in [-0.25, -0.2) is 0 Å². The Hall–Kier alpha value is -2.96. The van der Waals surface area contributed by atoms with Gasteiger partial charge in [0.05, 0.1) is 25.6 Å². The molecule has 2 N–H and O–H groups in total. The van der Waals surface area contributed by atoms with Gasteiger partial charge in [-0.1, -0.05) is 23.7 Å². The van der Waals surface area contributed by atoms with E-state index in [2.05, 4.69) is 22.1 Å². The summed E-state index contributed by atoms with van der Waals surface area (Å²) in [7, 11) is 1.65. The van der Waals surface area contributed by atoms with Gasteiger partial charge in [-0.15, -0.1) is 0 Å². The number of anilines is 1. The van der Waals surface area contributed by atoms with E-state index in [4.69, 9.17) is 33.0 Å². The first-order valence-electron chi connectivity index (χ1n) is 10.0. The summed E-state index contributed by atoms with van der Waals surface area (Å²) in [4.78, 5) is 5.55. The molecule has 7 heteroatoms. The van der Waals surface area contributed by atoms with Crippen molar-refractivity contribution in [3.63, 3.8) is 0 Å². The smallest absolute Gasteiger partial charge is 0.173 e. The standard InChI is InChI=1S/C24H24ClN3O2S/c1-16-19(20-14-17(25)9-10-21(20)26-16)11-12-28(15-18-6-5-13-30-18)24(31)27-22-7-3-4-8-23(22)29-2/h3-10,13-14,26H,11-12,15H2,1-2H3,(H,27,31). The van der Waals surface area contributed by atoms with E-state index in [-0.39, 0.29) is 0 Å². The van der Waals surface area contributed by atoms with Gasteiger partial charge in [0.2, 0.25) is 0 Å². The lowest BCUT2D eigenvalue weighted by Crippen LogP contribution is -2.36. The molecular formula is C24H24ClN3O2S. The highest BCUT2D eigenvalue weighted by Gasteiger charge is 2.16. The number of fused-ring (bicyclic) bond motifs is 1. The van der Waals surface area contributed by atoms with E-state index in [1.807, 2.05) is 54.6 Å². The monoisotopic (exact) mass is 453 g/mol. The normalized spacial score (nSPS) is 10.9. The zero-order valence-corrected chi connectivity index (χ0v) is 19.0. The van der Waals surface area contributed by atoms with Crippen molar-refractivity contribution >= 4 is 45.5 Å². The molecule has 4 aromatic rings. The van der Waals surface area contributed by atoms with Gasteiger partial charge in [0.25, 0.3) is 0 Å². The average Bonchev–Trinajstić information content (AvgIpc) is 3.38. The largest absolute Gasteiger partial charge is 0.495 e. The molecule has 0 amide bonds. The van der Waals surface area contributed by atoms with Crippen LogP contribution in [0.1, 0.15) is 17.0 Å². The molecule has 31 heavy (non-hydrogen) atoms. The van der Waals surface area contributed by atoms with Crippen molar-refractivity contribution < 1.29 is 9.15 Å². The maximum Gasteiger partial charge on any atom is 0.173 e. The van der Waals surface area contributed by atoms with Crippen LogP contribution in [0.25, 0.3) is 10.9 Å². The third-order valence-corrected chi connectivity index (χ3v) is 5.87. The first-order chi connectivity index (χ1) is 15.0. The topological polar surface area (TPSA) is 53.4 Å². The van der Waals surface area contributed by atoms with Crippen molar-refractivity contribution in [3.05, 3.63) is 82.9 Å². The molecule has 0 saturated carbocycles. The predicted molar refractivity (Wildman–Crippen MR) is 130 cm³/mol. The molecule has 0 unspecified atom stereocenters. The number of benzene rings is 2. The quantitative estimate of drug-likeness (QED) is 0.327. The Labute approximate surface area is 192 Å². The molecule has 5 nitrogen and oxygen atoms in total. The number of aromatic amines is 1. The van der Waals surface area contributed by atoms with Crippen LogP contribution in [0.5, 0.6) is 5.75 Å². The zero-order chi connectivity index (χ0) is 21.8. The van der Waals surface area contributed by atoms with E-state index in [0.29, 0.717) is 18.2 Å². The SMILES string of the molecule is COc1ccccc1NC(=S)N(CCc1c(C)[nH]c2ccc(Cl)cc12)Cc1ccco1. The molecule has 2 aromatic carbocycles. The second kappa shape index (κ2) is 9.45. The van der Waals surface area contributed by atoms with Gasteiger partial charge in [0.1, 0.15) is 11.5 Å². The third kappa shape index (κ3) is 4.86. The summed E-state index contributed by atoms with van der Waals surface area (Å²) in [5, 5.41) is 5.81. The first-order valence-corrected chi connectivity index (χ1v) is 10.8. The number of ether oxygens (including phenoxy) is 1. The van der Waals surface area contributed by atoms with Crippen molar-refractivity contribution in [1.29, 1.82) is 0 Å². The van der Waals surface area contributed by atoms with Crippen LogP contribution in [0.4, 0.5) is 5.69 Å². The minimum atomic E-state index is 0.566. The van der Waals surface area contributed by atoms with E-state index in [0.717, 1.165) is 45.2 Å². The van der Waals surface area contributed by atoms with Crippen LogP contribution in [0, 0.1) is 6.92 Å². The zero-order valence-electron chi connectivity index (χ0n) is 17.4. The van der Waals surface area contributed by atoms with E-state index in [1.165, 1.54) is 5.56 Å². The number of hydrogen-bond acceptors (Lipinski definition) is 3. The Kier molecular flexibility index (Phi) is 6.49. The number of halogens is 1. The summed E-state index contributed by atoms with van der Waals surface area (Å²) < 4.78 is 11.0. The number of aromatic nitrogens is 1. The molecule has 2 heterocycles. The van der Waals surface area contributed by atoms with Crippen molar-refractivity contribution in [2.24, 2.45) is 0 Å². The molecule has 0 bridgehead atoms. The van der Waals surface area contributed by atoms with Crippen LogP contribution in [0.15, 0.2) is 65.3 Å². The van der Waals surface area contributed by atoms with E-state index in [9.17, 15) is 0 Å². The minimum Gasteiger partial charge on any atom is -0.495 e. The highest BCUT2D eigenvalue weighted by molar-refractivity contribution is 7.80. The lowest BCUT2D eigenvalue weighted by Gasteiger charge is -2.25. The number of methoxy groups -OCH3 is 1. The van der Waals surface area contributed by atoms with Gasteiger partial charge in [-0.2, -0.15) is 0 Å². The lowest BCUT2D eigenvalue weighted by molar-refractivity contribution is 0.368. The third-order valence-electron chi connectivity index (χ3n) is 5.28.